The fraction of sp³-hybridized carbons (Fsp3) is 0.286. The van der Waals surface area contributed by atoms with Gasteiger partial charge in [0.05, 0.1) is 11.9 Å². The number of likely N-dealkylation sites (tertiary alicyclic amines) is 1. The molecule has 22 heavy (non-hydrogen) atoms. The Balaban J connectivity index is 1.82. The third-order valence-electron chi connectivity index (χ3n) is 3.60. The minimum atomic E-state index is -1.02. The van der Waals surface area contributed by atoms with Gasteiger partial charge in [-0.25, -0.2) is 13.9 Å². The molecule has 0 radical (unpaired) electrons. The molecular weight excluding hydrogens is 291 g/mol. The van der Waals surface area contributed by atoms with Gasteiger partial charge in [0.15, 0.2) is 5.69 Å². The van der Waals surface area contributed by atoms with Crippen molar-refractivity contribution < 1.29 is 19.1 Å². The zero-order chi connectivity index (χ0) is 15.7. The van der Waals surface area contributed by atoms with Crippen molar-refractivity contribution in [2.75, 3.05) is 6.54 Å². The molecule has 1 amide bonds. The van der Waals surface area contributed by atoms with Crippen LogP contribution in [0.5, 0.6) is 0 Å². The van der Waals surface area contributed by atoms with E-state index in [1.807, 2.05) is 0 Å². The lowest BCUT2D eigenvalue weighted by Gasteiger charge is -2.19. The van der Waals surface area contributed by atoms with Gasteiger partial charge >= 0.3 is 5.97 Å². The molecule has 1 fully saturated rings. The summed E-state index contributed by atoms with van der Waals surface area (Å²) in [6.07, 6.45) is 2.49. The van der Waals surface area contributed by atoms with Crippen molar-refractivity contribution in [1.82, 2.24) is 19.9 Å². The van der Waals surface area contributed by atoms with Crippen molar-refractivity contribution in [2.24, 2.45) is 0 Å². The van der Waals surface area contributed by atoms with Crippen LogP contribution in [-0.4, -0.2) is 49.5 Å². The number of hydrogen-bond donors (Lipinski definition) is 1. The lowest BCUT2D eigenvalue weighted by Crippen LogP contribution is -2.40. The molecule has 0 aliphatic carbocycles. The molecule has 2 heterocycles. The quantitative estimate of drug-likeness (QED) is 0.917. The number of rotatable bonds is 3. The van der Waals surface area contributed by atoms with E-state index in [4.69, 9.17) is 5.11 Å². The standard InChI is InChI=1S/C14H13FN4O3/c15-9-3-5-10(6-4-9)19-8-11(16-17-19)13(20)18-7-1-2-12(18)14(21)22/h3-6,8,12H,1-2,7H2,(H,21,22). The predicted octanol–water partition coefficient (Wildman–Crippen LogP) is 1.10. The molecule has 1 aromatic carbocycles. The number of amides is 1. The molecule has 0 bridgehead atoms. The number of hydrogen-bond acceptors (Lipinski definition) is 4. The van der Waals surface area contributed by atoms with Crippen molar-refractivity contribution in [3.63, 3.8) is 0 Å². The van der Waals surface area contributed by atoms with E-state index in [1.165, 1.54) is 40.0 Å². The first kappa shape index (κ1) is 14.2. The highest BCUT2D eigenvalue weighted by Crippen LogP contribution is 2.20. The molecule has 114 valence electrons. The predicted molar refractivity (Wildman–Crippen MR) is 73.0 cm³/mol. The summed E-state index contributed by atoms with van der Waals surface area (Å²) in [5.41, 5.74) is 0.627. The summed E-state index contributed by atoms with van der Waals surface area (Å²) in [5.74, 6) is -1.85. The number of carboxylic acids is 1. The van der Waals surface area contributed by atoms with Crippen molar-refractivity contribution in [1.29, 1.82) is 0 Å². The number of aromatic nitrogens is 3. The van der Waals surface area contributed by atoms with E-state index in [2.05, 4.69) is 10.3 Å². The number of aliphatic carboxylic acids is 1. The normalized spacial score (nSPS) is 17.7. The van der Waals surface area contributed by atoms with Gasteiger partial charge in [0.2, 0.25) is 0 Å². The Morgan fingerprint density at radius 2 is 2.00 bits per heavy atom. The Morgan fingerprint density at radius 1 is 1.27 bits per heavy atom. The zero-order valence-corrected chi connectivity index (χ0v) is 11.5. The lowest BCUT2D eigenvalue weighted by atomic mass is 10.2. The fourth-order valence-corrected chi connectivity index (χ4v) is 2.50. The molecule has 1 N–H and O–H groups in total. The Morgan fingerprint density at radius 3 is 2.68 bits per heavy atom. The minimum absolute atomic E-state index is 0.0671. The van der Waals surface area contributed by atoms with Crippen molar-refractivity contribution >= 4 is 11.9 Å². The van der Waals surface area contributed by atoms with Crippen LogP contribution in [0.15, 0.2) is 30.5 Å². The van der Waals surface area contributed by atoms with Crippen LogP contribution in [0.2, 0.25) is 0 Å². The maximum atomic E-state index is 12.9. The highest BCUT2D eigenvalue weighted by molar-refractivity contribution is 5.95. The molecule has 7 nitrogen and oxygen atoms in total. The molecule has 0 spiro atoms. The largest absolute Gasteiger partial charge is 0.480 e. The number of benzene rings is 1. The van der Waals surface area contributed by atoms with Crippen LogP contribution < -0.4 is 0 Å². The van der Waals surface area contributed by atoms with Gasteiger partial charge in [-0.2, -0.15) is 0 Å². The van der Waals surface area contributed by atoms with Gasteiger partial charge in [0, 0.05) is 6.54 Å². The highest BCUT2D eigenvalue weighted by atomic mass is 19.1. The SMILES string of the molecule is O=C(O)C1CCCN1C(=O)c1cn(-c2ccc(F)cc2)nn1. The fourth-order valence-electron chi connectivity index (χ4n) is 2.50. The first-order valence-corrected chi connectivity index (χ1v) is 6.78. The van der Waals surface area contributed by atoms with E-state index in [-0.39, 0.29) is 11.5 Å². The second-order valence-corrected chi connectivity index (χ2v) is 5.02. The van der Waals surface area contributed by atoms with Crippen LogP contribution in [0, 0.1) is 5.82 Å². The van der Waals surface area contributed by atoms with E-state index in [0.717, 1.165) is 0 Å². The molecule has 1 aliphatic rings. The van der Waals surface area contributed by atoms with Crippen molar-refractivity contribution in [2.45, 2.75) is 18.9 Å². The molecule has 1 unspecified atom stereocenters. The van der Waals surface area contributed by atoms with Gasteiger partial charge in [-0.1, -0.05) is 5.21 Å². The topological polar surface area (TPSA) is 88.3 Å². The second kappa shape index (κ2) is 5.55. The zero-order valence-electron chi connectivity index (χ0n) is 11.5. The first-order valence-electron chi connectivity index (χ1n) is 6.78. The van der Waals surface area contributed by atoms with E-state index >= 15 is 0 Å². The molecule has 1 atom stereocenters. The smallest absolute Gasteiger partial charge is 0.326 e. The maximum Gasteiger partial charge on any atom is 0.326 e. The average molecular weight is 304 g/mol. The molecule has 3 rings (SSSR count). The molecule has 1 saturated heterocycles. The van der Waals surface area contributed by atoms with Crippen LogP contribution in [0.25, 0.3) is 5.69 Å². The van der Waals surface area contributed by atoms with E-state index in [0.29, 0.717) is 25.1 Å². The van der Waals surface area contributed by atoms with Gasteiger partial charge < -0.3 is 10.0 Å². The third-order valence-corrected chi connectivity index (χ3v) is 3.60. The number of carbonyl (C=O) groups is 2. The summed E-state index contributed by atoms with van der Waals surface area (Å²) >= 11 is 0. The van der Waals surface area contributed by atoms with Gasteiger partial charge in [-0.05, 0) is 37.1 Å². The molecule has 1 aromatic heterocycles. The summed E-state index contributed by atoms with van der Waals surface area (Å²) in [6, 6.07) is 4.75. The molecule has 8 heteroatoms. The minimum Gasteiger partial charge on any atom is -0.480 e. The van der Waals surface area contributed by atoms with Gasteiger partial charge in [-0.3, -0.25) is 4.79 Å². The summed E-state index contributed by atoms with van der Waals surface area (Å²) in [7, 11) is 0. The third kappa shape index (κ3) is 2.54. The molecule has 0 saturated carbocycles. The highest BCUT2D eigenvalue weighted by Gasteiger charge is 2.35. The molecule has 2 aromatic rings. The Labute approximate surface area is 125 Å². The maximum absolute atomic E-state index is 12.9. The molecule has 1 aliphatic heterocycles. The Hall–Kier alpha value is -2.77. The lowest BCUT2D eigenvalue weighted by molar-refractivity contribution is -0.141. The van der Waals surface area contributed by atoms with Crippen LogP contribution in [0.1, 0.15) is 23.3 Å². The van der Waals surface area contributed by atoms with E-state index < -0.39 is 17.9 Å². The van der Waals surface area contributed by atoms with E-state index in [9.17, 15) is 14.0 Å². The van der Waals surface area contributed by atoms with Crippen molar-refractivity contribution in [3.8, 4) is 5.69 Å². The number of nitrogens with zero attached hydrogens (tertiary/aromatic N) is 4. The number of carbonyl (C=O) groups excluding carboxylic acids is 1. The van der Waals surface area contributed by atoms with Crippen molar-refractivity contribution in [3.05, 3.63) is 42.0 Å². The van der Waals surface area contributed by atoms with Gasteiger partial charge in [0.25, 0.3) is 5.91 Å². The van der Waals surface area contributed by atoms with Crippen LogP contribution in [-0.2, 0) is 4.79 Å². The second-order valence-electron chi connectivity index (χ2n) is 5.02. The van der Waals surface area contributed by atoms with Gasteiger partial charge in [-0.15, -0.1) is 5.10 Å². The van der Waals surface area contributed by atoms with E-state index in [1.54, 1.807) is 0 Å². The number of carboxylic acid groups (broad SMARTS) is 1. The summed E-state index contributed by atoms with van der Waals surface area (Å²) in [5, 5.41) is 16.7. The van der Waals surface area contributed by atoms with Gasteiger partial charge in [0.1, 0.15) is 11.9 Å². The Kier molecular flexibility index (Phi) is 3.58. The Bertz CT molecular complexity index is 713. The molecular formula is C14H13FN4O3. The van der Waals surface area contributed by atoms with Crippen LogP contribution in [0.3, 0.4) is 0 Å². The monoisotopic (exact) mass is 304 g/mol. The number of halogens is 1. The summed E-state index contributed by atoms with van der Waals surface area (Å²) < 4.78 is 14.2. The summed E-state index contributed by atoms with van der Waals surface area (Å²) in [4.78, 5) is 24.8. The van der Waals surface area contributed by atoms with Crippen LogP contribution >= 0.6 is 0 Å². The first-order chi connectivity index (χ1) is 10.6. The average Bonchev–Trinajstić information content (AvgIpc) is 3.17. The summed E-state index contributed by atoms with van der Waals surface area (Å²) in [6.45, 7) is 0.388. The van der Waals surface area contributed by atoms with Crippen LogP contribution in [0.4, 0.5) is 4.39 Å².